The molecule has 28 heavy (non-hydrogen) atoms. The lowest BCUT2D eigenvalue weighted by atomic mass is 10.1. The summed E-state index contributed by atoms with van der Waals surface area (Å²) < 4.78 is 0. The molecule has 160 valence electrons. The number of hydrogen-bond donors (Lipinski definition) is 1. The number of carbonyl (C=O) groups excluding carboxylic acids is 2. The molecule has 0 spiro atoms. The van der Waals surface area contributed by atoms with Gasteiger partial charge in [-0.15, -0.1) is 0 Å². The monoisotopic (exact) mass is 410 g/mol. The maximum absolute atomic E-state index is 12.5. The summed E-state index contributed by atoms with van der Waals surface area (Å²) in [6, 6.07) is -0.721. The summed E-state index contributed by atoms with van der Waals surface area (Å²) in [6.45, 7) is 5.29. The number of nitrogens with one attached hydrogen (secondary N) is 1. The second-order valence-corrected chi connectivity index (χ2v) is 8.96. The number of amidine groups is 1. The van der Waals surface area contributed by atoms with E-state index >= 15 is 0 Å². The first-order valence-electron chi connectivity index (χ1n) is 11.1. The Labute approximate surface area is 174 Å². The van der Waals surface area contributed by atoms with Crippen LogP contribution in [0.4, 0.5) is 4.79 Å². The van der Waals surface area contributed by atoms with E-state index in [0.29, 0.717) is 0 Å². The number of likely N-dealkylation sites (N-methyl/N-ethyl adjacent to an activating group) is 1. The van der Waals surface area contributed by atoms with E-state index in [-0.39, 0.29) is 24.1 Å². The molecular formula is C21H38N4O2S. The molecular weight excluding hydrogens is 372 g/mol. The molecule has 2 aliphatic rings. The van der Waals surface area contributed by atoms with Gasteiger partial charge in [0.2, 0.25) is 0 Å². The highest BCUT2D eigenvalue weighted by Crippen LogP contribution is 2.29. The minimum atomic E-state index is -0.385. The summed E-state index contributed by atoms with van der Waals surface area (Å²) in [5, 5.41) is 3.42. The predicted molar refractivity (Wildman–Crippen MR) is 118 cm³/mol. The number of aliphatic imine (C=N–C) groups is 1. The number of imide groups is 1. The fourth-order valence-corrected chi connectivity index (χ4v) is 4.87. The highest BCUT2D eigenvalue weighted by atomic mass is 32.2. The molecule has 1 N–H and O–H groups in total. The van der Waals surface area contributed by atoms with Crippen LogP contribution in [-0.4, -0.2) is 58.5 Å². The molecule has 1 saturated heterocycles. The molecule has 3 amide bonds. The van der Waals surface area contributed by atoms with Crippen molar-refractivity contribution in [1.82, 2.24) is 15.1 Å². The summed E-state index contributed by atoms with van der Waals surface area (Å²) in [7, 11) is 1.73. The van der Waals surface area contributed by atoms with E-state index in [2.05, 4.69) is 24.1 Å². The van der Waals surface area contributed by atoms with Gasteiger partial charge >= 0.3 is 6.03 Å². The normalized spacial score (nSPS) is 21.8. The number of urea groups is 1. The summed E-state index contributed by atoms with van der Waals surface area (Å²) in [5.74, 6) is 0.815. The van der Waals surface area contributed by atoms with Crippen LogP contribution >= 0.6 is 11.8 Å². The van der Waals surface area contributed by atoms with E-state index in [0.717, 1.165) is 23.9 Å². The Balaban J connectivity index is 1.91. The van der Waals surface area contributed by atoms with E-state index in [1.807, 2.05) is 0 Å². The van der Waals surface area contributed by atoms with E-state index in [9.17, 15) is 9.59 Å². The minimum Gasteiger partial charge on any atom is -0.336 e. The summed E-state index contributed by atoms with van der Waals surface area (Å²) >= 11 is 1.75. The van der Waals surface area contributed by atoms with Gasteiger partial charge in [0, 0.05) is 19.3 Å². The van der Waals surface area contributed by atoms with Crippen molar-refractivity contribution in [2.75, 3.05) is 19.3 Å². The van der Waals surface area contributed by atoms with Crippen molar-refractivity contribution in [1.29, 1.82) is 0 Å². The zero-order valence-corrected chi connectivity index (χ0v) is 18.7. The van der Waals surface area contributed by atoms with Gasteiger partial charge in [0.05, 0.1) is 0 Å². The smallest absolute Gasteiger partial charge is 0.325 e. The van der Waals surface area contributed by atoms with Crippen molar-refractivity contribution in [3.8, 4) is 0 Å². The summed E-state index contributed by atoms with van der Waals surface area (Å²) in [4.78, 5) is 33.0. The highest BCUT2D eigenvalue weighted by Gasteiger charge is 2.48. The van der Waals surface area contributed by atoms with Crippen molar-refractivity contribution < 1.29 is 9.59 Å². The van der Waals surface area contributed by atoms with E-state index in [1.54, 1.807) is 23.7 Å². The molecule has 6 nitrogen and oxygen atoms in total. The van der Waals surface area contributed by atoms with Gasteiger partial charge in [0.25, 0.3) is 5.91 Å². The number of hydrogen-bond acceptors (Lipinski definition) is 5. The van der Waals surface area contributed by atoms with Crippen molar-refractivity contribution in [3.63, 3.8) is 0 Å². The van der Waals surface area contributed by atoms with Crippen LogP contribution < -0.4 is 5.32 Å². The van der Waals surface area contributed by atoms with Crippen LogP contribution in [0.2, 0.25) is 0 Å². The van der Waals surface area contributed by atoms with Crippen LogP contribution in [0.3, 0.4) is 0 Å². The minimum absolute atomic E-state index is 0.207. The first-order valence-corrected chi connectivity index (χ1v) is 12.1. The Morgan fingerprint density at radius 1 is 0.929 bits per heavy atom. The molecule has 0 bridgehead atoms. The molecule has 2 unspecified atom stereocenters. The Bertz CT molecular complexity index is 540. The van der Waals surface area contributed by atoms with Crippen LogP contribution in [0.1, 0.15) is 84.5 Å². The van der Waals surface area contributed by atoms with Crippen LogP contribution in [0, 0.1) is 0 Å². The summed E-state index contributed by atoms with van der Waals surface area (Å²) in [5.41, 5.74) is 0. The number of nitrogens with zero attached hydrogens (tertiary/aromatic N) is 3. The SMILES string of the molecule is CCCCCCCCN1C(SCCCCCCC)=NC2C1C(=O)NC(=O)N2C. The van der Waals surface area contributed by atoms with Crippen molar-refractivity contribution >= 4 is 28.9 Å². The maximum Gasteiger partial charge on any atom is 0.325 e. The fraction of sp³-hybridized carbons (Fsp3) is 0.857. The quantitative estimate of drug-likeness (QED) is 0.451. The molecule has 0 radical (unpaired) electrons. The van der Waals surface area contributed by atoms with Gasteiger partial charge in [0.1, 0.15) is 0 Å². The first kappa shape index (κ1) is 23.0. The number of carbonyl (C=O) groups is 2. The fourth-order valence-electron chi connectivity index (χ4n) is 3.79. The van der Waals surface area contributed by atoms with Crippen LogP contribution in [0.5, 0.6) is 0 Å². The molecule has 0 aromatic heterocycles. The zero-order valence-electron chi connectivity index (χ0n) is 17.9. The lowest BCUT2D eigenvalue weighted by Gasteiger charge is -2.36. The molecule has 0 aliphatic carbocycles. The molecule has 0 aromatic rings. The van der Waals surface area contributed by atoms with Crippen LogP contribution in [0.15, 0.2) is 4.99 Å². The largest absolute Gasteiger partial charge is 0.336 e. The van der Waals surface area contributed by atoms with Gasteiger partial charge in [0.15, 0.2) is 17.4 Å². The van der Waals surface area contributed by atoms with Crippen LogP contribution in [-0.2, 0) is 4.79 Å². The summed E-state index contributed by atoms with van der Waals surface area (Å²) in [6.07, 6.45) is 13.2. The number of rotatable bonds is 13. The second kappa shape index (κ2) is 12.3. The van der Waals surface area contributed by atoms with Gasteiger partial charge in [-0.2, -0.15) is 0 Å². The molecule has 2 rings (SSSR count). The molecule has 2 aliphatic heterocycles. The maximum atomic E-state index is 12.5. The standard InChI is InChI=1S/C21H38N4O2S/c1-4-6-8-10-11-13-15-25-17-18(24(3)20(27)23-19(17)26)22-21(25)28-16-14-12-9-7-5-2/h17-18H,4-16H2,1-3H3,(H,23,26,27). The van der Waals surface area contributed by atoms with E-state index in [1.165, 1.54) is 64.2 Å². The third kappa shape index (κ3) is 6.39. The topological polar surface area (TPSA) is 65.0 Å². The molecule has 0 aromatic carbocycles. The van der Waals surface area contributed by atoms with Crippen LogP contribution in [0.25, 0.3) is 0 Å². The van der Waals surface area contributed by atoms with Crippen molar-refractivity contribution in [3.05, 3.63) is 0 Å². The van der Waals surface area contributed by atoms with E-state index in [4.69, 9.17) is 4.99 Å². The lowest BCUT2D eigenvalue weighted by Crippen LogP contribution is -2.63. The predicted octanol–water partition coefficient (Wildman–Crippen LogP) is 4.60. The molecule has 2 heterocycles. The lowest BCUT2D eigenvalue weighted by molar-refractivity contribution is -0.127. The second-order valence-electron chi connectivity index (χ2n) is 7.90. The molecule has 0 saturated carbocycles. The van der Waals surface area contributed by atoms with Gasteiger partial charge in [-0.3, -0.25) is 10.1 Å². The molecule has 2 atom stereocenters. The third-order valence-corrected chi connectivity index (χ3v) is 6.65. The van der Waals surface area contributed by atoms with Gasteiger partial charge in [-0.05, 0) is 12.8 Å². The Kier molecular flexibility index (Phi) is 10.2. The number of fused-ring (bicyclic) bond motifs is 1. The van der Waals surface area contributed by atoms with Gasteiger partial charge in [-0.1, -0.05) is 83.4 Å². The average Bonchev–Trinajstić information content (AvgIpc) is 3.04. The number of unbranched alkanes of at least 4 members (excludes halogenated alkanes) is 9. The average molecular weight is 411 g/mol. The van der Waals surface area contributed by atoms with Gasteiger partial charge < -0.3 is 9.80 Å². The number of amides is 3. The third-order valence-electron chi connectivity index (χ3n) is 5.55. The highest BCUT2D eigenvalue weighted by molar-refractivity contribution is 8.13. The molecule has 7 heteroatoms. The Morgan fingerprint density at radius 3 is 2.21 bits per heavy atom. The number of thioether (sulfide) groups is 1. The first-order chi connectivity index (χ1) is 13.6. The van der Waals surface area contributed by atoms with E-state index < -0.39 is 0 Å². The molecule has 1 fully saturated rings. The van der Waals surface area contributed by atoms with Gasteiger partial charge in [-0.25, -0.2) is 9.79 Å². The Morgan fingerprint density at radius 2 is 1.54 bits per heavy atom. The zero-order chi connectivity index (χ0) is 20.4. The van der Waals surface area contributed by atoms with Crippen molar-refractivity contribution in [2.24, 2.45) is 4.99 Å². The Hall–Kier alpha value is -1.24. The van der Waals surface area contributed by atoms with Crippen molar-refractivity contribution in [2.45, 2.75) is 96.7 Å².